The first-order valence-corrected chi connectivity index (χ1v) is 7.73. The number of likely N-dealkylation sites (tertiary alicyclic amines) is 1. The molecule has 1 heterocycles. The summed E-state index contributed by atoms with van der Waals surface area (Å²) in [5.41, 5.74) is 0. The Labute approximate surface area is 117 Å². The molecule has 2 rings (SSSR count). The molecule has 0 aromatic heterocycles. The fraction of sp³-hybridized carbons (Fsp3) is 0.933. The zero-order valence-electron chi connectivity index (χ0n) is 12.7. The van der Waals surface area contributed by atoms with Crippen molar-refractivity contribution in [2.24, 2.45) is 5.92 Å². The van der Waals surface area contributed by atoms with Crippen LogP contribution in [0.3, 0.4) is 0 Å². The van der Waals surface area contributed by atoms with Gasteiger partial charge in [0.2, 0.25) is 5.91 Å². The Balaban J connectivity index is 1.66. The number of hydrogen-bond acceptors (Lipinski definition) is 3. The second-order valence-electron chi connectivity index (χ2n) is 6.62. The van der Waals surface area contributed by atoms with Gasteiger partial charge in [-0.2, -0.15) is 0 Å². The van der Waals surface area contributed by atoms with Gasteiger partial charge >= 0.3 is 0 Å². The number of likely N-dealkylation sites (N-methyl/N-ethyl adjacent to an activating group) is 1. The van der Waals surface area contributed by atoms with Crippen LogP contribution in [0.15, 0.2) is 0 Å². The number of nitrogens with zero attached hydrogens (tertiary/aromatic N) is 2. The molecule has 0 bridgehead atoms. The van der Waals surface area contributed by atoms with Crippen molar-refractivity contribution in [3.63, 3.8) is 0 Å². The van der Waals surface area contributed by atoms with Crippen LogP contribution in [0.4, 0.5) is 0 Å². The third-order valence-corrected chi connectivity index (χ3v) is 4.61. The highest BCUT2D eigenvalue weighted by Gasteiger charge is 2.26. The molecule has 2 aliphatic rings. The van der Waals surface area contributed by atoms with Gasteiger partial charge in [0, 0.05) is 39.3 Å². The first-order valence-electron chi connectivity index (χ1n) is 7.73. The predicted molar refractivity (Wildman–Crippen MR) is 78.1 cm³/mol. The average Bonchev–Trinajstić information content (AvgIpc) is 2.77. The molecule has 0 aromatic carbocycles. The van der Waals surface area contributed by atoms with Crippen LogP contribution in [-0.4, -0.2) is 61.5 Å². The first-order chi connectivity index (χ1) is 9.04. The smallest absolute Gasteiger partial charge is 0.236 e. The second kappa shape index (κ2) is 6.71. The van der Waals surface area contributed by atoms with E-state index in [-0.39, 0.29) is 5.91 Å². The van der Waals surface area contributed by atoms with Gasteiger partial charge in [0.05, 0.1) is 6.54 Å². The SMILES string of the molecule is CC1CCC(NC2CCN(CC(=O)N(C)C)CC2)C1. The lowest BCUT2D eigenvalue weighted by molar-refractivity contribution is -0.130. The van der Waals surface area contributed by atoms with Gasteiger partial charge in [-0.1, -0.05) is 6.92 Å². The Morgan fingerprint density at radius 1 is 1.16 bits per heavy atom. The van der Waals surface area contributed by atoms with Crippen molar-refractivity contribution in [2.45, 2.75) is 51.1 Å². The van der Waals surface area contributed by atoms with Crippen molar-refractivity contribution < 1.29 is 4.79 Å². The summed E-state index contributed by atoms with van der Waals surface area (Å²) in [4.78, 5) is 15.7. The molecule has 19 heavy (non-hydrogen) atoms. The van der Waals surface area contributed by atoms with Crippen LogP contribution >= 0.6 is 0 Å². The largest absolute Gasteiger partial charge is 0.348 e. The summed E-state index contributed by atoms with van der Waals surface area (Å²) in [7, 11) is 3.66. The van der Waals surface area contributed by atoms with Gasteiger partial charge in [0.1, 0.15) is 0 Å². The van der Waals surface area contributed by atoms with E-state index in [1.54, 1.807) is 4.90 Å². The summed E-state index contributed by atoms with van der Waals surface area (Å²) in [5.74, 6) is 1.12. The number of amides is 1. The van der Waals surface area contributed by atoms with Gasteiger partial charge in [0.25, 0.3) is 0 Å². The topological polar surface area (TPSA) is 35.6 Å². The van der Waals surface area contributed by atoms with Crippen LogP contribution in [0, 0.1) is 5.92 Å². The van der Waals surface area contributed by atoms with Gasteiger partial charge in [-0.15, -0.1) is 0 Å². The number of carbonyl (C=O) groups excluding carboxylic acids is 1. The minimum atomic E-state index is 0.219. The molecule has 4 heteroatoms. The molecule has 0 spiro atoms. The molecule has 1 aliphatic carbocycles. The van der Waals surface area contributed by atoms with E-state index < -0.39 is 0 Å². The number of hydrogen-bond donors (Lipinski definition) is 1. The van der Waals surface area contributed by atoms with Crippen LogP contribution in [0.25, 0.3) is 0 Å². The number of carbonyl (C=O) groups is 1. The lowest BCUT2D eigenvalue weighted by atomic mass is 10.0. The Morgan fingerprint density at radius 2 is 1.84 bits per heavy atom. The maximum atomic E-state index is 11.7. The van der Waals surface area contributed by atoms with Crippen LogP contribution in [0.1, 0.15) is 39.0 Å². The van der Waals surface area contributed by atoms with Crippen molar-refractivity contribution >= 4 is 5.91 Å². The van der Waals surface area contributed by atoms with E-state index in [2.05, 4.69) is 17.1 Å². The lowest BCUT2D eigenvalue weighted by Gasteiger charge is -2.34. The summed E-state index contributed by atoms with van der Waals surface area (Å²) >= 11 is 0. The molecule has 4 nitrogen and oxygen atoms in total. The number of rotatable bonds is 4. The molecule has 2 unspecified atom stereocenters. The maximum absolute atomic E-state index is 11.7. The minimum absolute atomic E-state index is 0.219. The van der Waals surface area contributed by atoms with Gasteiger partial charge in [-0.25, -0.2) is 0 Å². The summed E-state index contributed by atoms with van der Waals surface area (Å²) in [6, 6.07) is 1.41. The average molecular weight is 267 g/mol. The second-order valence-corrected chi connectivity index (χ2v) is 6.62. The van der Waals surface area contributed by atoms with Crippen molar-refractivity contribution in [3.05, 3.63) is 0 Å². The Morgan fingerprint density at radius 3 is 2.37 bits per heavy atom. The third kappa shape index (κ3) is 4.46. The first kappa shape index (κ1) is 14.8. The van der Waals surface area contributed by atoms with Gasteiger partial charge in [-0.05, 0) is 38.0 Å². The summed E-state index contributed by atoms with van der Waals surface area (Å²) < 4.78 is 0. The summed E-state index contributed by atoms with van der Waals surface area (Å²) in [6.45, 7) is 5.05. The third-order valence-electron chi connectivity index (χ3n) is 4.61. The highest BCUT2D eigenvalue weighted by Crippen LogP contribution is 2.26. The van der Waals surface area contributed by atoms with Crippen LogP contribution in [0.2, 0.25) is 0 Å². The van der Waals surface area contributed by atoms with Crippen molar-refractivity contribution in [3.8, 4) is 0 Å². The molecular weight excluding hydrogens is 238 g/mol. The van der Waals surface area contributed by atoms with Crippen molar-refractivity contribution in [1.29, 1.82) is 0 Å². The van der Waals surface area contributed by atoms with Gasteiger partial charge in [0.15, 0.2) is 0 Å². The summed E-state index contributed by atoms with van der Waals surface area (Å²) in [6.07, 6.45) is 6.45. The van der Waals surface area contributed by atoms with Crippen LogP contribution in [0.5, 0.6) is 0 Å². The molecule has 0 aromatic rings. The fourth-order valence-corrected chi connectivity index (χ4v) is 3.28. The van der Waals surface area contributed by atoms with Gasteiger partial charge in [-0.3, -0.25) is 9.69 Å². The monoisotopic (exact) mass is 267 g/mol. The van der Waals surface area contributed by atoms with E-state index in [9.17, 15) is 4.79 Å². The van der Waals surface area contributed by atoms with Gasteiger partial charge < -0.3 is 10.2 Å². The molecule has 1 N–H and O–H groups in total. The molecule has 2 fully saturated rings. The van der Waals surface area contributed by atoms with Crippen LogP contribution in [-0.2, 0) is 4.79 Å². The molecular formula is C15H29N3O. The maximum Gasteiger partial charge on any atom is 0.236 e. The highest BCUT2D eigenvalue weighted by atomic mass is 16.2. The molecule has 0 radical (unpaired) electrons. The van der Waals surface area contributed by atoms with E-state index in [1.807, 2.05) is 14.1 Å². The zero-order valence-corrected chi connectivity index (χ0v) is 12.7. The molecule has 1 amide bonds. The quantitative estimate of drug-likeness (QED) is 0.834. The molecule has 2 atom stereocenters. The predicted octanol–water partition coefficient (Wildman–Crippen LogP) is 1.32. The summed E-state index contributed by atoms with van der Waals surface area (Å²) in [5, 5.41) is 3.82. The zero-order chi connectivity index (χ0) is 13.8. The number of nitrogens with one attached hydrogen (secondary N) is 1. The molecule has 1 aliphatic heterocycles. The molecule has 110 valence electrons. The van der Waals surface area contributed by atoms with Crippen molar-refractivity contribution in [1.82, 2.24) is 15.1 Å². The highest BCUT2D eigenvalue weighted by molar-refractivity contribution is 5.77. The van der Waals surface area contributed by atoms with E-state index in [4.69, 9.17) is 0 Å². The van der Waals surface area contributed by atoms with Crippen LogP contribution < -0.4 is 5.32 Å². The Hall–Kier alpha value is -0.610. The minimum Gasteiger partial charge on any atom is -0.348 e. The molecule has 1 saturated carbocycles. The van der Waals surface area contributed by atoms with E-state index in [1.165, 1.54) is 32.1 Å². The Kier molecular flexibility index (Phi) is 5.22. The number of piperidine rings is 1. The normalized spacial score (nSPS) is 29.6. The Bertz CT molecular complexity index is 298. The molecule has 1 saturated heterocycles. The van der Waals surface area contributed by atoms with E-state index in [0.717, 1.165) is 25.0 Å². The lowest BCUT2D eigenvalue weighted by Crippen LogP contribution is -2.47. The van der Waals surface area contributed by atoms with E-state index in [0.29, 0.717) is 12.6 Å². The fourth-order valence-electron chi connectivity index (χ4n) is 3.28. The standard InChI is InChI=1S/C15H29N3O/c1-12-4-5-14(10-12)16-13-6-8-18(9-7-13)11-15(19)17(2)3/h12-14,16H,4-11H2,1-3H3. The van der Waals surface area contributed by atoms with Crippen molar-refractivity contribution in [2.75, 3.05) is 33.7 Å². The van der Waals surface area contributed by atoms with E-state index >= 15 is 0 Å².